The van der Waals surface area contributed by atoms with E-state index in [1.54, 1.807) is 0 Å². The third-order valence-corrected chi connectivity index (χ3v) is 9.24. The van der Waals surface area contributed by atoms with E-state index >= 15 is 0 Å². The molecule has 0 aliphatic carbocycles. The van der Waals surface area contributed by atoms with E-state index in [4.69, 9.17) is 23.6 Å². The van der Waals surface area contributed by atoms with Gasteiger partial charge in [-0.25, -0.2) is 4.57 Å². The number of carbonyl (C=O) groups is 1. The molecule has 46 heavy (non-hydrogen) atoms. The number of aliphatic hydroxyl groups is 2. The summed E-state index contributed by atoms with van der Waals surface area (Å²) in [5.74, 6) is -0.381. The molecule has 10 heteroatoms. The maximum atomic E-state index is 12.5. The van der Waals surface area contributed by atoms with Crippen LogP contribution in [0.5, 0.6) is 0 Å². The van der Waals surface area contributed by atoms with Crippen molar-refractivity contribution in [2.75, 3.05) is 33.0 Å². The molecule has 0 aliphatic heterocycles. The van der Waals surface area contributed by atoms with Gasteiger partial charge in [-0.2, -0.15) is 0 Å². The van der Waals surface area contributed by atoms with Crippen LogP contribution < -0.4 is 0 Å². The average molecular weight is 681 g/mol. The van der Waals surface area contributed by atoms with Crippen LogP contribution in [0.3, 0.4) is 0 Å². The van der Waals surface area contributed by atoms with Gasteiger partial charge < -0.3 is 24.6 Å². The lowest BCUT2D eigenvalue weighted by Crippen LogP contribution is -2.29. The quantitative estimate of drug-likeness (QED) is 0.0333. The van der Waals surface area contributed by atoms with Gasteiger partial charge >= 0.3 is 13.8 Å². The molecule has 9 nitrogen and oxygen atoms in total. The standard InChI is InChI=1S/C36H73O9P/c1-3-5-7-9-11-13-15-16-17-19-21-23-25-27-29-42-32-35(33-44-46(40,41)43-31-34(38)30-37)45-36(39)28-26-24-22-20-18-14-12-10-8-6-4-2/h34-35,37-38H,3-33H2,1-2H3,(H,40,41)/t34-,35+/m0/s1. The first-order valence-electron chi connectivity index (χ1n) is 19.0. The fourth-order valence-corrected chi connectivity index (χ4v) is 6.15. The second-order valence-corrected chi connectivity index (χ2v) is 14.4. The molecule has 0 rings (SSSR count). The summed E-state index contributed by atoms with van der Waals surface area (Å²) in [4.78, 5) is 22.4. The maximum Gasteiger partial charge on any atom is 0.472 e. The lowest BCUT2D eigenvalue weighted by molar-refractivity contribution is -0.154. The van der Waals surface area contributed by atoms with Crippen molar-refractivity contribution < 1.29 is 43.0 Å². The molecule has 0 aliphatic rings. The molecule has 0 fully saturated rings. The summed E-state index contributed by atoms with van der Waals surface area (Å²) in [6, 6.07) is 0. The topological polar surface area (TPSA) is 132 Å². The van der Waals surface area contributed by atoms with Crippen molar-refractivity contribution in [3.05, 3.63) is 0 Å². The van der Waals surface area contributed by atoms with Gasteiger partial charge in [0, 0.05) is 13.0 Å². The minimum Gasteiger partial charge on any atom is -0.457 e. The Morgan fingerprint density at radius 2 is 0.978 bits per heavy atom. The molecule has 0 aromatic heterocycles. The number of phosphoric acid groups is 1. The van der Waals surface area contributed by atoms with Gasteiger partial charge in [0.2, 0.25) is 0 Å². The molecule has 0 heterocycles. The van der Waals surface area contributed by atoms with Gasteiger partial charge in [0.1, 0.15) is 12.2 Å². The number of aliphatic hydroxyl groups excluding tert-OH is 2. The zero-order chi connectivity index (χ0) is 34.0. The fraction of sp³-hybridized carbons (Fsp3) is 0.972. The van der Waals surface area contributed by atoms with Gasteiger partial charge in [-0.05, 0) is 12.8 Å². The highest BCUT2D eigenvalue weighted by Crippen LogP contribution is 2.43. The fourth-order valence-electron chi connectivity index (χ4n) is 5.36. The minimum absolute atomic E-state index is 0.0572. The summed E-state index contributed by atoms with van der Waals surface area (Å²) in [6.07, 6.45) is 29.1. The smallest absolute Gasteiger partial charge is 0.457 e. The van der Waals surface area contributed by atoms with Crippen LogP contribution in [0.2, 0.25) is 0 Å². The summed E-state index contributed by atoms with van der Waals surface area (Å²) in [5, 5.41) is 18.3. The van der Waals surface area contributed by atoms with Crippen molar-refractivity contribution >= 4 is 13.8 Å². The van der Waals surface area contributed by atoms with Gasteiger partial charge in [0.25, 0.3) is 0 Å². The van der Waals surface area contributed by atoms with Crippen LogP contribution in [-0.2, 0) is 27.9 Å². The van der Waals surface area contributed by atoms with Crippen molar-refractivity contribution in [3.63, 3.8) is 0 Å². The van der Waals surface area contributed by atoms with Gasteiger partial charge in [-0.1, -0.05) is 162 Å². The highest BCUT2D eigenvalue weighted by molar-refractivity contribution is 7.47. The normalized spacial score (nSPS) is 14.3. The molecule has 3 atom stereocenters. The molecule has 0 spiro atoms. The van der Waals surface area contributed by atoms with Crippen molar-refractivity contribution in [3.8, 4) is 0 Å². The van der Waals surface area contributed by atoms with E-state index in [-0.39, 0.29) is 25.6 Å². The first-order chi connectivity index (χ1) is 22.3. The number of rotatable bonds is 37. The van der Waals surface area contributed by atoms with E-state index in [1.165, 1.54) is 128 Å². The Balaban J connectivity index is 4.19. The van der Waals surface area contributed by atoms with Crippen molar-refractivity contribution in [2.45, 2.75) is 193 Å². The van der Waals surface area contributed by atoms with E-state index in [2.05, 4.69) is 13.8 Å². The molecule has 0 amide bonds. The Bertz CT molecular complexity index is 694. The van der Waals surface area contributed by atoms with Crippen molar-refractivity contribution in [2.24, 2.45) is 0 Å². The highest BCUT2D eigenvalue weighted by atomic mass is 31.2. The average Bonchev–Trinajstić information content (AvgIpc) is 3.04. The zero-order valence-electron chi connectivity index (χ0n) is 29.8. The predicted octanol–water partition coefficient (Wildman–Crippen LogP) is 9.58. The Kier molecular flexibility index (Phi) is 33.9. The first-order valence-corrected chi connectivity index (χ1v) is 20.5. The molecule has 0 bridgehead atoms. The zero-order valence-corrected chi connectivity index (χ0v) is 30.7. The molecule has 0 aromatic rings. The SMILES string of the molecule is CCCCCCCCCCCCCCCCOC[C@H](COP(=O)(O)OC[C@@H](O)CO)OC(=O)CCCCCCCCCCCCC. The van der Waals surface area contributed by atoms with E-state index in [9.17, 15) is 19.4 Å². The summed E-state index contributed by atoms with van der Waals surface area (Å²) >= 11 is 0. The van der Waals surface area contributed by atoms with Crippen molar-refractivity contribution in [1.29, 1.82) is 0 Å². The van der Waals surface area contributed by atoms with Crippen LogP contribution in [-0.4, -0.2) is 66.3 Å². The van der Waals surface area contributed by atoms with Crippen LogP contribution in [0.25, 0.3) is 0 Å². The second-order valence-electron chi connectivity index (χ2n) is 13.0. The van der Waals surface area contributed by atoms with Crippen LogP contribution in [0.15, 0.2) is 0 Å². The number of ether oxygens (including phenoxy) is 2. The molecular formula is C36H73O9P. The third kappa shape index (κ3) is 33.4. The first kappa shape index (κ1) is 45.5. The van der Waals surface area contributed by atoms with Crippen LogP contribution in [0.1, 0.15) is 181 Å². The predicted molar refractivity (Wildman–Crippen MR) is 187 cm³/mol. The molecule has 0 saturated carbocycles. The Labute approximate surface area is 282 Å². The largest absolute Gasteiger partial charge is 0.472 e. The Morgan fingerprint density at radius 3 is 1.41 bits per heavy atom. The summed E-state index contributed by atoms with van der Waals surface area (Å²) in [7, 11) is -4.50. The number of hydrogen-bond donors (Lipinski definition) is 3. The third-order valence-electron chi connectivity index (χ3n) is 8.29. The van der Waals surface area contributed by atoms with Crippen molar-refractivity contribution in [1.82, 2.24) is 0 Å². The number of hydrogen-bond acceptors (Lipinski definition) is 8. The molecule has 1 unspecified atom stereocenters. The monoisotopic (exact) mass is 680 g/mol. The molecule has 0 radical (unpaired) electrons. The second kappa shape index (κ2) is 34.3. The molecule has 0 aromatic carbocycles. The Morgan fingerprint density at radius 1 is 0.587 bits per heavy atom. The lowest BCUT2D eigenvalue weighted by Gasteiger charge is -2.20. The molecule has 3 N–H and O–H groups in total. The van der Waals surface area contributed by atoms with Gasteiger partial charge in [-0.15, -0.1) is 0 Å². The van der Waals surface area contributed by atoms with Crippen LogP contribution in [0, 0.1) is 0 Å². The Hall–Kier alpha value is -0.540. The number of carbonyl (C=O) groups excluding carboxylic acids is 1. The van der Waals surface area contributed by atoms with E-state index in [0.717, 1.165) is 32.1 Å². The molecular weight excluding hydrogens is 607 g/mol. The summed E-state index contributed by atoms with van der Waals surface area (Å²) < 4.78 is 33.2. The van der Waals surface area contributed by atoms with E-state index in [1.807, 2.05) is 0 Å². The lowest BCUT2D eigenvalue weighted by atomic mass is 10.0. The van der Waals surface area contributed by atoms with Gasteiger partial charge in [0.05, 0.1) is 26.4 Å². The number of esters is 1. The highest BCUT2D eigenvalue weighted by Gasteiger charge is 2.26. The van der Waals surface area contributed by atoms with Gasteiger partial charge in [-0.3, -0.25) is 13.8 Å². The number of phosphoric ester groups is 1. The van der Waals surface area contributed by atoms with E-state index < -0.39 is 33.2 Å². The van der Waals surface area contributed by atoms with E-state index in [0.29, 0.717) is 6.61 Å². The minimum atomic E-state index is -4.50. The summed E-state index contributed by atoms with van der Waals surface area (Å²) in [5.41, 5.74) is 0. The molecule has 0 saturated heterocycles. The van der Waals surface area contributed by atoms with Crippen LogP contribution in [0.4, 0.5) is 0 Å². The molecule has 276 valence electrons. The summed E-state index contributed by atoms with van der Waals surface area (Å²) in [6.45, 7) is 3.54. The van der Waals surface area contributed by atoms with Crippen LogP contribution >= 0.6 is 7.82 Å². The maximum absolute atomic E-state index is 12.5. The number of unbranched alkanes of at least 4 members (excludes halogenated alkanes) is 23. The van der Waals surface area contributed by atoms with Gasteiger partial charge in [0.15, 0.2) is 0 Å².